The molecule has 19 heavy (non-hydrogen) atoms. The lowest BCUT2D eigenvalue weighted by atomic mass is 9.97. The van der Waals surface area contributed by atoms with Gasteiger partial charge in [-0.3, -0.25) is 0 Å². The minimum atomic E-state index is -0.604. The predicted molar refractivity (Wildman–Crippen MR) is 72.8 cm³/mol. The third kappa shape index (κ3) is 3.38. The van der Waals surface area contributed by atoms with Crippen LogP contribution in [0.5, 0.6) is 0 Å². The minimum absolute atomic E-state index is 0.445. The SMILES string of the molecule is CCCc1ccc(C(N)c2cc(F)cc(F)c2)cc1. The first-order valence-electron chi connectivity index (χ1n) is 6.40. The van der Waals surface area contributed by atoms with Gasteiger partial charge in [0.15, 0.2) is 0 Å². The van der Waals surface area contributed by atoms with Crippen molar-refractivity contribution in [3.05, 3.63) is 70.8 Å². The molecule has 2 rings (SSSR count). The third-order valence-electron chi connectivity index (χ3n) is 3.12. The molecule has 0 aliphatic heterocycles. The molecule has 0 bridgehead atoms. The van der Waals surface area contributed by atoms with Crippen LogP contribution in [0.3, 0.4) is 0 Å². The van der Waals surface area contributed by atoms with Gasteiger partial charge in [0.1, 0.15) is 11.6 Å². The maximum absolute atomic E-state index is 13.2. The highest BCUT2D eigenvalue weighted by Crippen LogP contribution is 2.22. The molecule has 0 saturated heterocycles. The number of benzene rings is 2. The second kappa shape index (κ2) is 5.93. The number of hydrogen-bond donors (Lipinski definition) is 1. The maximum atomic E-state index is 13.2. The Bertz CT molecular complexity index is 529. The zero-order valence-electron chi connectivity index (χ0n) is 10.9. The Hall–Kier alpha value is -1.74. The molecule has 0 fully saturated rings. The molecule has 0 heterocycles. The van der Waals surface area contributed by atoms with Crippen LogP contribution in [0.1, 0.15) is 36.1 Å². The molecular formula is C16H17F2N. The number of halogens is 2. The van der Waals surface area contributed by atoms with Gasteiger partial charge in [0.2, 0.25) is 0 Å². The van der Waals surface area contributed by atoms with Crippen molar-refractivity contribution < 1.29 is 8.78 Å². The van der Waals surface area contributed by atoms with Gasteiger partial charge >= 0.3 is 0 Å². The summed E-state index contributed by atoms with van der Waals surface area (Å²) in [4.78, 5) is 0. The van der Waals surface area contributed by atoms with Crippen molar-refractivity contribution >= 4 is 0 Å². The molecule has 3 heteroatoms. The van der Waals surface area contributed by atoms with Gasteiger partial charge in [0.25, 0.3) is 0 Å². The van der Waals surface area contributed by atoms with Gasteiger partial charge in [-0.25, -0.2) is 8.78 Å². The monoisotopic (exact) mass is 261 g/mol. The highest BCUT2D eigenvalue weighted by atomic mass is 19.1. The van der Waals surface area contributed by atoms with E-state index in [0.717, 1.165) is 24.5 Å². The van der Waals surface area contributed by atoms with E-state index in [4.69, 9.17) is 5.73 Å². The van der Waals surface area contributed by atoms with Crippen molar-refractivity contribution in [2.75, 3.05) is 0 Å². The van der Waals surface area contributed by atoms with E-state index in [2.05, 4.69) is 6.92 Å². The van der Waals surface area contributed by atoms with E-state index in [1.807, 2.05) is 24.3 Å². The van der Waals surface area contributed by atoms with Crippen molar-refractivity contribution in [1.82, 2.24) is 0 Å². The predicted octanol–water partition coefficient (Wildman–Crippen LogP) is 3.97. The van der Waals surface area contributed by atoms with Crippen LogP contribution in [0.4, 0.5) is 8.78 Å². The molecule has 2 N–H and O–H groups in total. The molecule has 0 amide bonds. The molecule has 0 aromatic heterocycles. The van der Waals surface area contributed by atoms with Gasteiger partial charge in [-0.05, 0) is 35.2 Å². The van der Waals surface area contributed by atoms with Crippen LogP contribution in [0.2, 0.25) is 0 Å². The topological polar surface area (TPSA) is 26.0 Å². The Labute approximate surface area is 112 Å². The summed E-state index contributed by atoms with van der Waals surface area (Å²) in [5.41, 5.74) is 8.58. The standard InChI is InChI=1S/C16H17F2N/c1-2-3-11-4-6-12(7-5-11)16(19)13-8-14(17)10-15(18)9-13/h4-10,16H,2-3,19H2,1H3. The number of hydrogen-bond acceptors (Lipinski definition) is 1. The van der Waals surface area contributed by atoms with Crippen LogP contribution in [0.15, 0.2) is 42.5 Å². The molecule has 2 aromatic rings. The maximum Gasteiger partial charge on any atom is 0.126 e. The van der Waals surface area contributed by atoms with Crippen LogP contribution in [-0.4, -0.2) is 0 Å². The van der Waals surface area contributed by atoms with Crippen molar-refractivity contribution in [3.8, 4) is 0 Å². The molecule has 0 radical (unpaired) electrons. The van der Waals surface area contributed by atoms with Gasteiger partial charge in [0, 0.05) is 6.07 Å². The van der Waals surface area contributed by atoms with Crippen molar-refractivity contribution in [2.24, 2.45) is 5.73 Å². The van der Waals surface area contributed by atoms with Crippen LogP contribution in [0.25, 0.3) is 0 Å². The lowest BCUT2D eigenvalue weighted by molar-refractivity contribution is 0.577. The van der Waals surface area contributed by atoms with E-state index in [1.165, 1.54) is 17.7 Å². The van der Waals surface area contributed by atoms with Gasteiger partial charge < -0.3 is 5.73 Å². The van der Waals surface area contributed by atoms with E-state index in [9.17, 15) is 8.78 Å². The van der Waals surface area contributed by atoms with Crippen LogP contribution < -0.4 is 5.73 Å². The van der Waals surface area contributed by atoms with E-state index in [0.29, 0.717) is 5.56 Å². The van der Waals surface area contributed by atoms with Crippen LogP contribution in [-0.2, 0) is 6.42 Å². The summed E-state index contributed by atoms with van der Waals surface area (Å²) in [7, 11) is 0. The molecule has 2 aromatic carbocycles. The molecule has 0 saturated carbocycles. The van der Waals surface area contributed by atoms with E-state index in [1.54, 1.807) is 0 Å². The second-order valence-corrected chi connectivity index (χ2v) is 4.67. The molecule has 0 spiro atoms. The van der Waals surface area contributed by atoms with Gasteiger partial charge in [-0.1, -0.05) is 37.6 Å². The molecule has 1 atom stereocenters. The average molecular weight is 261 g/mol. The zero-order valence-corrected chi connectivity index (χ0v) is 10.9. The quantitative estimate of drug-likeness (QED) is 0.885. The summed E-state index contributed by atoms with van der Waals surface area (Å²) in [5, 5.41) is 0. The minimum Gasteiger partial charge on any atom is -0.320 e. The number of nitrogens with two attached hydrogens (primary N) is 1. The Morgan fingerprint density at radius 3 is 2.05 bits per heavy atom. The fourth-order valence-corrected chi connectivity index (χ4v) is 2.13. The highest BCUT2D eigenvalue weighted by molar-refractivity contribution is 5.33. The molecular weight excluding hydrogens is 244 g/mol. The first-order chi connectivity index (χ1) is 9.10. The van der Waals surface area contributed by atoms with Crippen molar-refractivity contribution in [3.63, 3.8) is 0 Å². The van der Waals surface area contributed by atoms with Gasteiger partial charge in [-0.2, -0.15) is 0 Å². The van der Waals surface area contributed by atoms with E-state index >= 15 is 0 Å². The van der Waals surface area contributed by atoms with Crippen LogP contribution in [0, 0.1) is 11.6 Å². The fourth-order valence-electron chi connectivity index (χ4n) is 2.13. The summed E-state index contributed by atoms with van der Waals surface area (Å²) < 4.78 is 26.3. The zero-order chi connectivity index (χ0) is 13.8. The summed E-state index contributed by atoms with van der Waals surface area (Å²) in [6.45, 7) is 2.12. The second-order valence-electron chi connectivity index (χ2n) is 4.67. The summed E-state index contributed by atoms with van der Waals surface area (Å²) in [5.74, 6) is -1.21. The number of aryl methyl sites for hydroxylation is 1. The summed E-state index contributed by atoms with van der Waals surface area (Å²) in [6.07, 6.45) is 2.10. The van der Waals surface area contributed by atoms with E-state index < -0.39 is 17.7 Å². The normalized spacial score (nSPS) is 12.4. The fraction of sp³-hybridized carbons (Fsp3) is 0.250. The molecule has 0 aliphatic rings. The smallest absolute Gasteiger partial charge is 0.126 e. The Morgan fingerprint density at radius 2 is 1.53 bits per heavy atom. The Kier molecular flexibility index (Phi) is 4.27. The average Bonchev–Trinajstić information content (AvgIpc) is 2.38. The van der Waals surface area contributed by atoms with E-state index in [-0.39, 0.29) is 0 Å². The molecule has 0 aliphatic carbocycles. The number of rotatable bonds is 4. The van der Waals surface area contributed by atoms with Gasteiger partial charge in [-0.15, -0.1) is 0 Å². The lowest BCUT2D eigenvalue weighted by Crippen LogP contribution is -2.12. The molecule has 100 valence electrons. The molecule has 1 nitrogen and oxygen atoms in total. The summed E-state index contributed by atoms with van der Waals surface area (Å²) in [6, 6.07) is 10.7. The van der Waals surface area contributed by atoms with Crippen molar-refractivity contribution in [2.45, 2.75) is 25.8 Å². The Balaban J connectivity index is 2.25. The molecule has 1 unspecified atom stereocenters. The largest absolute Gasteiger partial charge is 0.320 e. The van der Waals surface area contributed by atoms with Crippen LogP contribution >= 0.6 is 0 Å². The van der Waals surface area contributed by atoms with Crippen molar-refractivity contribution in [1.29, 1.82) is 0 Å². The Morgan fingerprint density at radius 1 is 0.947 bits per heavy atom. The summed E-state index contributed by atoms with van der Waals surface area (Å²) >= 11 is 0. The van der Waals surface area contributed by atoms with Gasteiger partial charge in [0.05, 0.1) is 6.04 Å². The first kappa shape index (κ1) is 13.7. The first-order valence-corrected chi connectivity index (χ1v) is 6.40. The lowest BCUT2D eigenvalue weighted by Gasteiger charge is -2.13. The highest BCUT2D eigenvalue weighted by Gasteiger charge is 2.11. The third-order valence-corrected chi connectivity index (χ3v) is 3.12.